The number of benzene rings is 1. The van der Waals surface area contributed by atoms with Gasteiger partial charge in [-0.3, -0.25) is 5.10 Å². The maximum atomic E-state index is 9.09. The molecule has 4 heteroatoms. The molecule has 0 saturated heterocycles. The summed E-state index contributed by atoms with van der Waals surface area (Å²) in [4.78, 5) is 4.38. The average Bonchev–Trinajstić information content (AvgIpc) is 2.87. The third-order valence-electron chi connectivity index (χ3n) is 3.01. The zero-order valence-electron chi connectivity index (χ0n) is 10.9. The van der Waals surface area contributed by atoms with Gasteiger partial charge >= 0.3 is 0 Å². The standard InChI is InChI=1S/C14H16N4/c1-4-12-16-13(18-17-12)10-5-7-11(8-6-10)14(2,3)9-15/h5-8H,4H2,1-3H3,(H,16,17,18). The number of aromatic amines is 1. The number of nitrogens with zero attached hydrogens (tertiary/aromatic N) is 3. The van der Waals surface area contributed by atoms with Crippen molar-refractivity contribution in [2.45, 2.75) is 32.6 Å². The van der Waals surface area contributed by atoms with Crippen molar-refractivity contribution in [2.24, 2.45) is 0 Å². The third-order valence-corrected chi connectivity index (χ3v) is 3.01. The van der Waals surface area contributed by atoms with Crippen molar-refractivity contribution in [3.05, 3.63) is 35.7 Å². The Morgan fingerprint density at radius 2 is 1.94 bits per heavy atom. The number of aryl methyl sites for hydroxylation is 1. The Kier molecular flexibility index (Phi) is 3.15. The van der Waals surface area contributed by atoms with E-state index in [1.807, 2.05) is 45.0 Å². The number of hydrogen-bond acceptors (Lipinski definition) is 3. The van der Waals surface area contributed by atoms with Crippen LogP contribution < -0.4 is 0 Å². The van der Waals surface area contributed by atoms with E-state index in [2.05, 4.69) is 21.3 Å². The van der Waals surface area contributed by atoms with Crippen LogP contribution in [0, 0.1) is 11.3 Å². The molecule has 0 bridgehead atoms. The summed E-state index contributed by atoms with van der Waals surface area (Å²) in [5.41, 5.74) is 1.50. The molecule has 0 radical (unpaired) electrons. The molecule has 1 aromatic carbocycles. The van der Waals surface area contributed by atoms with Crippen molar-refractivity contribution in [1.82, 2.24) is 15.2 Å². The fourth-order valence-corrected chi connectivity index (χ4v) is 1.68. The maximum absolute atomic E-state index is 9.09. The van der Waals surface area contributed by atoms with Gasteiger partial charge in [-0.05, 0) is 19.4 Å². The highest BCUT2D eigenvalue weighted by Crippen LogP contribution is 2.24. The molecule has 1 N–H and O–H groups in total. The predicted molar refractivity (Wildman–Crippen MR) is 69.8 cm³/mol. The molecule has 0 amide bonds. The summed E-state index contributed by atoms with van der Waals surface area (Å²) in [7, 11) is 0. The Balaban J connectivity index is 2.31. The lowest BCUT2D eigenvalue weighted by atomic mass is 9.86. The Hall–Kier alpha value is -2.15. The molecule has 0 aliphatic rings. The van der Waals surface area contributed by atoms with Crippen molar-refractivity contribution >= 4 is 0 Å². The van der Waals surface area contributed by atoms with Gasteiger partial charge in [0.2, 0.25) is 0 Å². The Morgan fingerprint density at radius 1 is 1.28 bits per heavy atom. The number of rotatable bonds is 3. The fraction of sp³-hybridized carbons (Fsp3) is 0.357. The number of hydrogen-bond donors (Lipinski definition) is 1. The SMILES string of the molecule is CCc1nc(-c2ccc(C(C)(C)C#N)cc2)n[nH]1. The first-order valence-corrected chi connectivity index (χ1v) is 6.00. The van der Waals surface area contributed by atoms with Gasteiger partial charge in [-0.2, -0.15) is 10.4 Å². The third kappa shape index (κ3) is 2.25. The summed E-state index contributed by atoms with van der Waals surface area (Å²) in [5, 5.41) is 16.2. The van der Waals surface area contributed by atoms with Crippen LogP contribution in [0.15, 0.2) is 24.3 Å². The van der Waals surface area contributed by atoms with Gasteiger partial charge in [-0.25, -0.2) is 4.98 Å². The van der Waals surface area contributed by atoms with E-state index in [-0.39, 0.29) is 0 Å². The molecule has 0 aliphatic carbocycles. The number of H-pyrrole nitrogens is 1. The van der Waals surface area contributed by atoms with E-state index < -0.39 is 5.41 Å². The first-order chi connectivity index (χ1) is 8.56. The van der Waals surface area contributed by atoms with Gasteiger partial charge in [0.1, 0.15) is 5.82 Å². The molecule has 0 spiro atoms. The summed E-state index contributed by atoms with van der Waals surface area (Å²) < 4.78 is 0. The molecule has 0 unspecified atom stereocenters. The van der Waals surface area contributed by atoms with E-state index in [1.165, 1.54) is 0 Å². The minimum absolute atomic E-state index is 0.466. The summed E-state index contributed by atoms with van der Waals surface area (Å²) >= 11 is 0. The molecule has 2 aromatic rings. The van der Waals surface area contributed by atoms with Gasteiger partial charge in [0.25, 0.3) is 0 Å². The summed E-state index contributed by atoms with van der Waals surface area (Å²) in [6, 6.07) is 10.1. The average molecular weight is 240 g/mol. The molecule has 0 atom stereocenters. The van der Waals surface area contributed by atoms with Crippen molar-refractivity contribution in [2.75, 3.05) is 0 Å². The topological polar surface area (TPSA) is 65.4 Å². The highest BCUT2D eigenvalue weighted by molar-refractivity contribution is 5.55. The molecular formula is C14H16N4. The van der Waals surface area contributed by atoms with Crippen LogP contribution in [0.2, 0.25) is 0 Å². The van der Waals surface area contributed by atoms with E-state index in [0.717, 1.165) is 23.4 Å². The van der Waals surface area contributed by atoms with Gasteiger partial charge in [-0.1, -0.05) is 31.2 Å². The van der Waals surface area contributed by atoms with Gasteiger partial charge in [0.15, 0.2) is 5.82 Å². The lowest BCUT2D eigenvalue weighted by Gasteiger charge is -2.15. The van der Waals surface area contributed by atoms with Crippen molar-refractivity contribution < 1.29 is 0 Å². The summed E-state index contributed by atoms with van der Waals surface area (Å²) in [5.74, 6) is 1.58. The molecule has 1 aromatic heterocycles. The molecule has 0 fully saturated rings. The van der Waals surface area contributed by atoms with Gasteiger partial charge < -0.3 is 0 Å². The zero-order valence-corrected chi connectivity index (χ0v) is 10.9. The van der Waals surface area contributed by atoms with Crippen molar-refractivity contribution in [3.8, 4) is 17.5 Å². The van der Waals surface area contributed by atoms with E-state index in [0.29, 0.717) is 5.82 Å². The Bertz CT molecular complexity index is 573. The van der Waals surface area contributed by atoms with Crippen LogP contribution in [0.5, 0.6) is 0 Å². The van der Waals surface area contributed by atoms with Crippen LogP contribution >= 0.6 is 0 Å². The monoisotopic (exact) mass is 240 g/mol. The zero-order chi connectivity index (χ0) is 13.2. The number of nitrogens with one attached hydrogen (secondary N) is 1. The highest BCUT2D eigenvalue weighted by atomic mass is 15.2. The fourth-order valence-electron chi connectivity index (χ4n) is 1.68. The van der Waals surface area contributed by atoms with Crippen molar-refractivity contribution in [3.63, 3.8) is 0 Å². The van der Waals surface area contributed by atoms with Crippen LogP contribution in [0.4, 0.5) is 0 Å². The first-order valence-electron chi connectivity index (χ1n) is 6.00. The van der Waals surface area contributed by atoms with Crippen LogP contribution in [-0.4, -0.2) is 15.2 Å². The Labute approximate surface area is 107 Å². The summed E-state index contributed by atoms with van der Waals surface area (Å²) in [6.07, 6.45) is 0.840. The van der Waals surface area contributed by atoms with Crippen LogP contribution in [-0.2, 0) is 11.8 Å². The molecule has 92 valence electrons. The van der Waals surface area contributed by atoms with Crippen LogP contribution in [0.25, 0.3) is 11.4 Å². The lowest BCUT2D eigenvalue weighted by Crippen LogP contribution is -2.13. The molecular weight excluding hydrogens is 224 g/mol. The lowest BCUT2D eigenvalue weighted by molar-refractivity contribution is 0.687. The minimum atomic E-state index is -0.466. The van der Waals surface area contributed by atoms with Crippen LogP contribution in [0.1, 0.15) is 32.2 Å². The van der Waals surface area contributed by atoms with Crippen LogP contribution in [0.3, 0.4) is 0 Å². The molecule has 1 heterocycles. The maximum Gasteiger partial charge on any atom is 0.181 e. The highest BCUT2D eigenvalue weighted by Gasteiger charge is 2.19. The second kappa shape index (κ2) is 4.61. The smallest absolute Gasteiger partial charge is 0.181 e. The predicted octanol–water partition coefficient (Wildman–Crippen LogP) is 2.84. The molecule has 0 aliphatic heterocycles. The van der Waals surface area contributed by atoms with E-state index >= 15 is 0 Å². The van der Waals surface area contributed by atoms with Gasteiger partial charge in [-0.15, -0.1) is 0 Å². The quantitative estimate of drug-likeness (QED) is 0.897. The van der Waals surface area contributed by atoms with E-state index in [4.69, 9.17) is 5.26 Å². The van der Waals surface area contributed by atoms with E-state index in [1.54, 1.807) is 0 Å². The molecule has 4 nitrogen and oxygen atoms in total. The molecule has 18 heavy (non-hydrogen) atoms. The Morgan fingerprint density at radius 3 is 2.44 bits per heavy atom. The van der Waals surface area contributed by atoms with E-state index in [9.17, 15) is 0 Å². The van der Waals surface area contributed by atoms with Crippen molar-refractivity contribution in [1.29, 1.82) is 5.26 Å². The number of nitriles is 1. The molecule has 2 rings (SSSR count). The molecule has 0 saturated carbocycles. The minimum Gasteiger partial charge on any atom is -0.263 e. The second-order valence-corrected chi connectivity index (χ2v) is 4.77. The summed E-state index contributed by atoms with van der Waals surface area (Å²) in [6.45, 7) is 5.84. The second-order valence-electron chi connectivity index (χ2n) is 4.77. The van der Waals surface area contributed by atoms with Gasteiger partial charge in [0, 0.05) is 12.0 Å². The van der Waals surface area contributed by atoms with Gasteiger partial charge in [0.05, 0.1) is 11.5 Å². The largest absolute Gasteiger partial charge is 0.263 e. The number of aromatic nitrogens is 3. The normalized spacial score (nSPS) is 11.2. The first kappa shape index (κ1) is 12.3.